The molecule has 2 aromatic heterocycles. The highest BCUT2D eigenvalue weighted by molar-refractivity contribution is 5.85. The molecular formula is C28H34N4O. The van der Waals surface area contributed by atoms with Crippen molar-refractivity contribution in [1.29, 1.82) is 0 Å². The Labute approximate surface area is 196 Å². The Morgan fingerprint density at radius 1 is 0.939 bits per heavy atom. The summed E-state index contributed by atoms with van der Waals surface area (Å²) >= 11 is 0. The van der Waals surface area contributed by atoms with Crippen LogP contribution in [0.1, 0.15) is 56.8 Å². The molecule has 1 aliphatic carbocycles. The summed E-state index contributed by atoms with van der Waals surface area (Å²) in [4.78, 5) is 8.27. The van der Waals surface area contributed by atoms with E-state index in [4.69, 9.17) is 9.72 Å². The van der Waals surface area contributed by atoms with Gasteiger partial charge >= 0.3 is 0 Å². The average Bonchev–Trinajstić information content (AvgIpc) is 3.48. The van der Waals surface area contributed by atoms with Gasteiger partial charge in [-0.1, -0.05) is 43.7 Å². The van der Waals surface area contributed by atoms with E-state index >= 15 is 0 Å². The van der Waals surface area contributed by atoms with Crippen LogP contribution in [0.4, 0.5) is 0 Å². The third-order valence-corrected chi connectivity index (χ3v) is 6.95. The first-order chi connectivity index (χ1) is 16.3. The first-order valence-corrected chi connectivity index (χ1v) is 12.5. The molecule has 2 N–H and O–H groups in total. The smallest absolute Gasteiger partial charge is 0.197 e. The molecule has 1 fully saturated rings. The Morgan fingerprint density at radius 2 is 1.73 bits per heavy atom. The van der Waals surface area contributed by atoms with Crippen molar-refractivity contribution >= 4 is 10.9 Å². The number of fused-ring (bicyclic) bond motifs is 1. The maximum Gasteiger partial charge on any atom is 0.197 e. The maximum atomic E-state index is 5.84. The summed E-state index contributed by atoms with van der Waals surface area (Å²) in [6.07, 6.45) is 9.59. The van der Waals surface area contributed by atoms with Crippen molar-refractivity contribution in [2.45, 2.75) is 58.3 Å². The van der Waals surface area contributed by atoms with E-state index in [1.807, 2.05) is 6.07 Å². The van der Waals surface area contributed by atoms with Gasteiger partial charge in [0.2, 0.25) is 0 Å². The largest absolute Gasteiger partial charge is 0.494 e. The first-order valence-electron chi connectivity index (χ1n) is 12.5. The summed E-state index contributed by atoms with van der Waals surface area (Å²) in [5.41, 5.74) is 3.48. The molecule has 0 saturated heterocycles. The fraction of sp³-hybridized carbons (Fsp3) is 0.429. The van der Waals surface area contributed by atoms with E-state index in [0.717, 1.165) is 65.8 Å². The quantitative estimate of drug-likeness (QED) is 0.283. The molecule has 5 nitrogen and oxygen atoms in total. The number of nitrogens with zero attached hydrogens (tertiary/aromatic N) is 2. The lowest BCUT2D eigenvalue weighted by Gasteiger charge is -2.28. The van der Waals surface area contributed by atoms with Crippen LogP contribution >= 0.6 is 0 Å². The molecule has 0 atom stereocenters. The molecule has 0 amide bonds. The number of hydrogen-bond donors (Lipinski definition) is 2. The van der Waals surface area contributed by atoms with Gasteiger partial charge in [-0.3, -0.25) is 5.10 Å². The van der Waals surface area contributed by atoms with Gasteiger partial charge in [0.05, 0.1) is 12.3 Å². The molecule has 0 spiro atoms. The van der Waals surface area contributed by atoms with Crippen molar-refractivity contribution in [3.63, 3.8) is 0 Å². The van der Waals surface area contributed by atoms with Crippen LogP contribution in [0.25, 0.3) is 22.4 Å². The second-order valence-electron chi connectivity index (χ2n) is 9.52. The number of aromatic amines is 2. The molecule has 1 saturated carbocycles. The lowest BCUT2D eigenvalue weighted by molar-refractivity contribution is 0.270. The molecule has 2 heterocycles. The highest BCUT2D eigenvalue weighted by Gasteiger charge is 2.23. The zero-order valence-corrected chi connectivity index (χ0v) is 19.5. The van der Waals surface area contributed by atoms with E-state index in [2.05, 4.69) is 70.6 Å². The summed E-state index contributed by atoms with van der Waals surface area (Å²) in [6.45, 7) is 2.93. The Morgan fingerprint density at radius 3 is 2.52 bits per heavy atom. The molecular weight excluding hydrogens is 408 g/mol. The monoisotopic (exact) mass is 442 g/mol. The molecule has 0 unspecified atom stereocenters. The van der Waals surface area contributed by atoms with E-state index in [-0.39, 0.29) is 0 Å². The van der Waals surface area contributed by atoms with Gasteiger partial charge in [-0.25, -0.2) is 4.98 Å². The first kappa shape index (κ1) is 21.7. The van der Waals surface area contributed by atoms with Crippen molar-refractivity contribution in [2.75, 3.05) is 6.61 Å². The SMILES string of the molecule is CCCCOc1ccc2cc(-c3n[nH]c(CC4CCC(Cc5ccccc5)CC4)n3)[nH]c2c1. The van der Waals surface area contributed by atoms with Crippen molar-refractivity contribution in [1.82, 2.24) is 20.2 Å². The average molecular weight is 443 g/mol. The van der Waals surface area contributed by atoms with Crippen molar-refractivity contribution < 1.29 is 4.74 Å². The summed E-state index contributed by atoms with van der Waals surface area (Å²) in [6, 6.07) is 19.2. The van der Waals surface area contributed by atoms with Gasteiger partial charge in [0.1, 0.15) is 11.6 Å². The Kier molecular flexibility index (Phi) is 6.75. The molecule has 33 heavy (non-hydrogen) atoms. The molecule has 2 aromatic carbocycles. The highest BCUT2D eigenvalue weighted by atomic mass is 16.5. The number of H-pyrrole nitrogens is 2. The Hall–Kier alpha value is -3.08. The van der Waals surface area contributed by atoms with Gasteiger partial charge in [0.15, 0.2) is 5.82 Å². The number of aromatic nitrogens is 4. The second-order valence-corrected chi connectivity index (χ2v) is 9.52. The van der Waals surface area contributed by atoms with Crippen molar-refractivity contribution in [3.8, 4) is 17.3 Å². The summed E-state index contributed by atoms with van der Waals surface area (Å²) < 4.78 is 5.84. The van der Waals surface area contributed by atoms with Crippen molar-refractivity contribution in [3.05, 3.63) is 66.0 Å². The van der Waals surface area contributed by atoms with Crippen LogP contribution in [0.15, 0.2) is 54.6 Å². The maximum absolute atomic E-state index is 5.84. The fourth-order valence-corrected chi connectivity index (χ4v) is 5.02. The molecule has 0 radical (unpaired) electrons. The van der Waals surface area contributed by atoms with Crippen LogP contribution in [0.3, 0.4) is 0 Å². The molecule has 4 aromatic rings. The van der Waals surface area contributed by atoms with E-state index < -0.39 is 0 Å². The van der Waals surface area contributed by atoms with Gasteiger partial charge in [0.25, 0.3) is 0 Å². The Balaban J connectivity index is 1.17. The van der Waals surface area contributed by atoms with Gasteiger partial charge in [-0.2, -0.15) is 5.10 Å². The minimum Gasteiger partial charge on any atom is -0.494 e. The fourth-order valence-electron chi connectivity index (χ4n) is 5.02. The van der Waals surface area contributed by atoms with Crippen LogP contribution in [-0.2, 0) is 12.8 Å². The van der Waals surface area contributed by atoms with Gasteiger partial charge in [0, 0.05) is 23.4 Å². The summed E-state index contributed by atoms with van der Waals surface area (Å²) in [5.74, 6) is 4.16. The van der Waals surface area contributed by atoms with Crippen molar-refractivity contribution in [2.24, 2.45) is 11.8 Å². The number of hydrogen-bond acceptors (Lipinski definition) is 3. The zero-order valence-electron chi connectivity index (χ0n) is 19.5. The van der Waals surface area contributed by atoms with Gasteiger partial charge in [-0.15, -0.1) is 0 Å². The summed E-state index contributed by atoms with van der Waals surface area (Å²) in [7, 11) is 0. The third kappa shape index (κ3) is 5.47. The number of nitrogens with one attached hydrogen (secondary N) is 2. The predicted octanol–water partition coefficient (Wildman–Crippen LogP) is 6.72. The molecule has 5 rings (SSSR count). The van der Waals surface area contributed by atoms with Crippen LogP contribution in [0.2, 0.25) is 0 Å². The van der Waals surface area contributed by atoms with Gasteiger partial charge < -0.3 is 9.72 Å². The molecule has 0 bridgehead atoms. The molecule has 5 heteroatoms. The number of unbranched alkanes of at least 4 members (excludes halogenated alkanes) is 1. The number of benzene rings is 2. The highest BCUT2D eigenvalue weighted by Crippen LogP contribution is 2.33. The molecule has 1 aliphatic rings. The van der Waals surface area contributed by atoms with Crippen LogP contribution in [0, 0.1) is 11.8 Å². The van der Waals surface area contributed by atoms with Crippen LogP contribution in [0.5, 0.6) is 5.75 Å². The molecule has 0 aliphatic heterocycles. The lowest BCUT2D eigenvalue weighted by atomic mass is 9.78. The molecule has 172 valence electrons. The van der Waals surface area contributed by atoms with Crippen LogP contribution in [-0.4, -0.2) is 26.8 Å². The lowest BCUT2D eigenvalue weighted by Crippen LogP contribution is -2.18. The second kappa shape index (κ2) is 10.2. The standard InChI is InChI=1S/C28H34N4O/c1-2-3-15-33-24-14-13-23-18-26(29-25(23)19-24)28-30-27(31-32-28)17-22-11-9-21(10-12-22)16-20-7-5-4-6-8-20/h4-8,13-14,18-19,21-22,29H,2-3,9-12,15-17H2,1H3,(H,30,31,32). The topological polar surface area (TPSA) is 66.6 Å². The third-order valence-electron chi connectivity index (χ3n) is 6.95. The van der Waals surface area contributed by atoms with E-state index in [9.17, 15) is 0 Å². The minimum atomic E-state index is 0.698. The summed E-state index contributed by atoms with van der Waals surface area (Å²) in [5, 5.41) is 8.84. The van der Waals surface area contributed by atoms with Crippen LogP contribution < -0.4 is 4.74 Å². The minimum absolute atomic E-state index is 0.698. The van der Waals surface area contributed by atoms with Gasteiger partial charge in [-0.05, 0) is 74.1 Å². The normalized spacial score (nSPS) is 18.6. The van der Waals surface area contributed by atoms with E-state index in [0.29, 0.717) is 5.92 Å². The van der Waals surface area contributed by atoms with E-state index in [1.54, 1.807) is 0 Å². The Bertz CT molecular complexity index is 1160. The zero-order chi connectivity index (χ0) is 22.5. The number of rotatable bonds is 9. The predicted molar refractivity (Wildman–Crippen MR) is 133 cm³/mol. The van der Waals surface area contributed by atoms with E-state index in [1.165, 1.54) is 37.7 Å². The number of ether oxygens (including phenoxy) is 1.